The van der Waals surface area contributed by atoms with Crippen LogP contribution < -0.4 is 0 Å². The van der Waals surface area contributed by atoms with Gasteiger partial charge in [0.2, 0.25) is 0 Å². The second-order valence-electron chi connectivity index (χ2n) is 4.01. The third kappa shape index (κ3) is 12.4. The highest BCUT2D eigenvalue weighted by Gasteiger charge is 1.98. The van der Waals surface area contributed by atoms with Crippen LogP contribution in [0.25, 0.3) is 0 Å². The van der Waals surface area contributed by atoms with E-state index in [1.54, 1.807) is 0 Å². The molecule has 1 unspecified atom stereocenters. The number of alkyl halides is 2. The van der Waals surface area contributed by atoms with Crippen LogP contribution >= 0.6 is 15.9 Å². The normalized spacial score (nSPS) is 13.1. The summed E-state index contributed by atoms with van der Waals surface area (Å²) in [6.45, 7) is 2.24. The lowest BCUT2D eigenvalue weighted by atomic mass is 10.1. The van der Waals surface area contributed by atoms with E-state index in [-0.39, 0.29) is 0 Å². The molecule has 0 heterocycles. The Kier molecular flexibility index (Phi) is 11.8. The minimum Gasteiger partial charge on any atom is -0.235 e. The van der Waals surface area contributed by atoms with Gasteiger partial charge in [-0.2, -0.15) is 0 Å². The fourth-order valence-electron chi connectivity index (χ4n) is 1.61. The SMILES string of the molecule is CCCCCCCCCCCC(F)Br. The van der Waals surface area contributed by atoms with Crippen LogP contribution in [0.3, 0.4) is 0 Å². The van der Waals surface area contributed by atoms with E-state index in [1.165, 1.54) is 51.4 Å². The maximum absolute atomic E-state index is 12.3. The van der Waals surface area contributed by atoms with E-state index in [4.69, 9.17) is 0 Å². The van der Waals surface area contributed by atoms with Gasteiger partial charge in [0, 0.05) is 0 Å². The third-order valence-corrected chi connectivity index (χ3v) is 2.98. The molecule has 0 aromatic carbocycles. The molecule has 1 atom stereocenters. The number of rotatable bonds is 10. The van der Waals surface area contributed by atoms with Gasteiger partial charge in [0.25, 0.3) is 0 Å². The summed E-state index contributed by atoms with van der Waals surface area (Å²) < 4.78 is 12.3. The highest BCUT2D eigenvalue weighted by Crippen LogP contribution is 2.14. The largest absolute Gasteiger partial charge is 0.235 e. The van der Waals surface area contributed by atoms with E-state index in [2.05, 4.69) is 22.9 Å². The van der Waals surface area contributed by atoms with Crippen molar-refractivity contribution in [2.75, 3.05) is 0 Å². The molecular formula is C12H24BrF. The van der Waals surface area contributed by atoms with Crippen molar-refractivity contribution in [3.63, 3.8) is 0 Å². The molecule has 0 aliphatic rings. The lowest BCUT2D eigenvalue weighted by Crippen LogP contribution is -1.87. The van der Waals surface area contributed by atoms with Crippen molar-refractivity contribution in [2.24, 2.45) is 0 Å². The first kappa shape index (κ1) is 14.4. The molecule has 0 amide bonds. The molecule has 2 heteroatoms. The second-order valence-corrected chi connectivity index (χ2v) is 5.00. The maximum Gasteiger partial charge on any atom is 0.154 e. The molecule has 0 rings (SSSR count). The van der Waals surface area contributed by atoms with Gasteiger partial charge in [-0.05, 0) is 12.8 Å². The number of hydrogen-bond donors (Lipinski definition) is 0. The lowest BCUT2D eigenvalue weighted by Gasteiger charge is -2.02. The Balaban J connectivity index is 2.85. The van der Waals surface area contributed by atoms with E-state index in [0.29, 0.717) is 6.42 Å². The van der Waals surface area contributed by atoms with Crippen LogP contribution in [-0.2, 0) is 0 Å². The molecule has 0 saturated carbocycles. The van der Waals surface area contributed by atoms with Crippen molar-refractivity contribution in [2.45, 2.75) is 76.2 Å². The predicted molar refractivity (Wildman–Crippen MR) is 65.7 cm³/mol. The van der Waals surface area contributed by atoms with Crippen molar-refractivity contribution in [3.8, 4) is 0 Å². The molecule has 0 aromatic heterocycles. The number of hydrogen-bond acceptors (Lipinski definition) is 0. The quantitative estimate of drug-likeness (QED) is 0.357. The highest BCUT2D eigenvalue weighted by molar-refractivity contribution is 9.09. The van der Waals surface area contributed by atoms with Gasteiger partial charge in [-0.25, -0.2) is 4.39 Å². The lowest BCUT2D eigenvalue weighted by molar-refractivity contribution is 0.418. The predicted octanol–water partition coefficient (Wildman–Crippen LogP) is 5.60. The van der Waals surface area contributed by atoms with Crippen LogP contribution in [0.15, 0.2) is 0 Å². The standard InChI is InChI=1S/C12H24BrF/c1-2-3-4-5-6-7-8-9-10-11-12(13)14/h12H,2-11H2,1H3. The van der Waals surface area contributed by atoms with E-state index in [0.717, 1.165) is 6.42 Å². The van der Waals surface area contributed by atoms with Crippen LogP contribution in [0.5, 0.6) is 0 Å². The molecule has 0 spiro atoms. The van der Waals surface area contributed by atoms with Crippen LogP contribution in [0.4, 0.5) is 4.39 Å². The summed E-state index contributed by atoms with van der Waals surface area (Å²) in [6, 6.07) is 0. The summed E-state index contributed by atoms with van der Waals surface area (Å²) in [5, 5.41) is -0.785. The topological polar surface area (TPSA) is 0 Å². The Morgan fingerprint density at radius 2 is 1.29 bits per heavy atom. The van der Waals surface area contributed by atoms with Crippen molar-refractivity contribution in [3.05, 3.63) is 0 Å². The van der Waals surface area contributed by atoms with Gasteiger partial charge in [0.05, 0.1) is 0 Å². The third-order valence-electron chi connectivity index (χ3n) is 2.53. The van der Waals surface area contributed by atoms with E-state index >= 15 is 0 Å². The zero-order valence-corrected chi connectivity index (χ0v) is 11.0. The summed E-state index contributed by atoms with van der Waals surface area (Å²) in [6.07, 6.45) is 12.4. The average molecular weight is 267 g/mol. The van der Waals surface area contributed by atoms with Crippen LogP contribution in [-0.4, -0.2) is 5.08 Å². The summed E-state index contributed by atoms with van der Waals surface area (Å²) in [5.74, 6) is 0. The zero-order chi connectivity index (χ0) is 10.6. The zero-order valence-electron chi connectivity index (χ0n) is 9.40. The first-order chi connectivity index (χ1) is 6.77. The smallest absolute Gasteiger partial charge is 0.154 e. The van der Waals surface area contributed by atoms with Crippen LogP contribution in [0.2, 0.25) is 0 Å². The van der Waals surface area contributed by atoms with Crippen LogP contribution in [0.1, 0.15) is 71.1 Å². The van der Waals surface area contributed by atoms with Gasteiger partial charge in [-0.3, -0.25) is 0 Å². The Hall–Kier alpha value is 0.410. The molecule has 0 aliphatic carbocycles. The molecule has 0 radical (unpaired) electrons. The average Bonchev–Trinajstić information content (AvgIpc) is 2.15. The van der Waals surface area contributed by atoms with Gasteiger partial charge >= 0.3 is 0 Å². The van der Waals surface area contributed by atoms with Crippen molar-refractivity contribution >= 4 is 15.9 Å². The number of unbranched alkanes of at least 4 members (excludes halogenated alkanes) is 8. The van der Waals surface area contributed by atoms with Gasteiger partial charge in [-0.15, -0.1) is 0 Å². The maximum atomic E-state index is 12.3. The molecule has 0 saturated heterocycles. The molecule has 0 bridgehead atoms. The summed E-state index contributed by atoms with van der Waals surface area (Å²) in [4.78, 5) is 0. The monoisotopic (exact) mass is 266 g/mol. The molecule has 86 valence electrons. The molecule has 0 N–H and O–H groups in total. The van der Waals surface area contributed by atoms with E-state index < -0.39 is 5.08 Å². The summed E-state index contributed by atoms with van der Waals surface area (Å²) in [5.41, 5.74) is 0. The van der Waals surface area contributed by atoms with Gasteiger partial charge < -0.3 is 0 Å². The summed E-state index contributed by atoms with van der Waals surface area (Å²) in [7, 11) is 0. The minimum atomic E-state index is -0.785. The molecule has 0 aromatic rings. The minimum absolute atomic E-state index is 0.676. The second kappa shape index (κ2) is 11.5. The van der Waals surface area contributed by atoms with Crippen molar-refractivity contribution in [1.29, 1.82) is 0 Å². The molecular weight excluding hydrogens is 243 g/mol. The molecule has 0 fully saturated rings. The van der Waals surface area contributed by atoms with Crippen molar-refractivity contribution in [1.82, 2.24) is 0 Å². The van der Waals surface area contributed by atoms with Gasteiger partial charge in [0.15, 0.2) is 5.08 Å². The molecule has 14 heavy (non-hydrogen) atoms. The first-order valence-corrected chi connectivity index (χ1v) is 6.97. The van der Waals surface area contributed by atoms with E-state index in [9.17, 15) is 4.39 Å². The first-order valence-electron chi connectivity index (χ1n) is 6.05. The van der Waals surface area contributed by atoms with E-state index in [1.807, 2.05) is 0 Å². The fourth-order valence-corrected chi connectivity index (χ4v) is 1.93. The van der Waals surface area contributed by atoms with Gasteiger partial charge in [0.1, 0.15) is 0 Å². The van der Waals surface area contributed by atoms with Crippen LogP contribution in [0, 0.1) is 0 Å². The Morgan fingerprint density at radius 3 is 1.71 bits per heavy atom. The molecule has 0 nitrogen and oxygen atoms in total. The molecule has 0 aliphatic heterocycles. The Labute approximate surface area is 96.8 Å². The Bertz CT molecular complexity index is 104. The number of halogens is 2. The van der Waals surface area contributed by atoms with Gasteiger partial charge in [-0.1, -0.05) is 74.2 Å². The Morgan fingerprint density at radius 1 is 0.857 bits per heavy atom. The highest BCUT2D eigenvalue weighted by atomic mass is 79.9. The summed E-state index contributed by atoms with van der Waals surface area (Å²) >= 11 is 2.92. The fraction of sp³-hybridized carbons (Fsp3) is 1.00. The van der Waals surface area contributed by atoms with Crippen molar-refractivity contribution < 1.29 is 4.39 Å².